The Morgan fingerprint density at radius 1 is 1.29 bits per heavy atom. The summed E-state index contributed by atoms with van der Waals surface area (Å²) in [6.07, 6.45) is 4.30. The van der Waals surface area contributed by atoms with Crippen LogP contribution in [0, 0.1) is 5.92 Å². The van der Waals surface area contributed by atoms with Gasteiger partial charge in [0.1, 0.15) is 5.75 Å². The van der Waals surface area contributed by atoms with Gasteiger partial charge in [-0.25, -0.2) is 0 Å². The van der Waals surface area contributed by atoms with Crippen LogP contribution in [-0.4, -0.2) is 5.97 Å². The zero-order valence-corrected chi connectivity index (χ0v) is 10.6. The number of nitrogen functional groups attached to an aromatic ring is 1. The Balaban J connectivity index is 2.40. The van der Waals surface area contributed by atoms with Crippen LogP contribution >= 0.6 is 0 Å². The van der Waals surface area contributed by atoms with Gasteiger partial charge in [0.05, 0.1) is 5.92 Å². The summed E-state index contributed by atoms with van der Waals surface area (Å²) in [4.78, 5) is 11.7. The third kappa shape index (κ3) is 4.89. The number of carbonyl (C=O) groups excluding carboxylic acids is 1. The molecule has 1 aromatic rings. The Morgan fingerprint density at radius 3 is 2.53 bits per heavy atom. The van der Waals surface area contributed by atoms with Crippen molar-refractivity contribution >= 4 is 11.7 Å². The molecule has 1 aromatic carbocycles. The predicted octanol–water partition coefficient (Wildman–Crippen LogP) is 3.39. The van der Waals surface area contributed by atoms with Crippen molar-refractivity contribution in [2.75, 3.05) is 5.73 Å². The number of anilines is 1. The molecule has 94 valence electrons. The van der Waals surface area contributed by atoms with Gasteiger partial charge in [-0.05, 0) is 30.7 Å². The van der Waals surface area contributed by atoms with E-state index in [4.69, 9.17) is 10.5 Å². The quantitative estimate of drug-likeness (QED) is 0.356. The maximum atomic E-state index is 11.7. The van der Waals surface area contributed by atoms with E-state index in [2.05, 4.69) is 6.92 Å². The molecule has 0 radical (unpaired) electrons. The molecular formula is C14H21NO2. The summed E-state index contributed by atoms with van der Waals surface area (Å²) in [6, 6.07) is 6.88. The molecule has 3 nitrogen and oxygen atoms in total. The first kappa shape index (κ1) is 13.6. The Labute approximate surface area is 103 Å². The molecular weight excluding hydrogens is 214 g/mol. The maximum Gasteiger partial charge on any atom is 0.314 e. The highest BCUT2D eigenvalue weighted by Gasteiger charge is 2.14. The lowest BCUT2D eigenvalue weighted by Gasteiger charge is -2.10. The third-order valence-electron chi connectivity index (χ3n) is 2.74. The van der Waals surface area contributed by atoms with E-state index in [0.717, 1.165) is 12.8 Å². The van der Waals surface area contributed by atoms with Crippen molar-refractivity contribution in [3.05, 3.63) is 24.3 Å². The van der Waals surface area contributed by atoms with Gasteiger partial charge in [-0.3, -0.25) is 4.79 Å². The topological polar surface area (TPSA) is 52.3 Å². The van der Waals surface area contributed by atoms with Crippen molar-refractivity contribution < 1.29 is 9.53 Å². The minimum Gasteiger partial charge on any atom is -0.426 e. The minimum absolute atomic E-state index is 0.0425. The van der Waals surface area contributed by atoms with Crippen LogP contribution in [0.5, 0.6) is 5.75 Å². The molecule has 0 saturated carbocycles. The van der Waals surface area contributed by atoms with Crippen LogP contribution in [0.3, 0.4) is 0 Å². The molecule has 0 aromatic heterocycles. The Hall–Kier alpha value is -1.51. The number of hydrogen-bond acceptors (Lipinski definition) is 3. The van der Waals surface area contributed by atoms with Crippen LogP contribution in [0.1, 0.15) is 39.5 Å². The summed E-state index contributed by atoms with van der Waals surface area (Å²) in [6.45, 7) is 4.06. The van der Waals surface area contributed by atoms with Crippen molar-refractivity contribution in [1.29, 1.82) is 0 Å². The van der Waals surface area contributed by atoms with E-state index < -0.39 is 0 Å². The fourth-order valence-electron chi connectivity index (χ4n) is 1.57. The van der Waals surface area contributed by atoms with E-state index in [1.165, 1.54) is 12.8 Å². The molecule has 1 rings (SSSR count). The molecule has 3 heteroatoms. The largest absolute Gasteiger partial charge is 0.426 e. The van der Waals surface area contributed by atoms with Crippen LogP contribution in [0.2, 0.25) is 0 Å². The third-order valence-corrected chi connectivity index (χ3v) is 2.74. The number of nitrogens with two attached hydrogens (primary N) is 1. The Kier molecular flexibility index (Phi) is 5.53. The molecule has 0 saturated heterocycles. The zero-order valence-electron chi connectivity index (χ0n) is 10.6. The lowest BCUT2D eigenvalue weighted by atomic mass is 10.0. The van der Waals surface area contributed by atoms with Crippen LogP contribution in [0.25, 0.3) is 0 Å². The molecule has 17 heavy (non-hydrogen) atoms. The molecule has 0 fully saturated rings. The van der Waals surface area contributed by atoms with Gasteiger partial charge in [0.15, 0.2) is 0 Å². The smallest absolute Gasteiger partial charge is 0.314 e. The van der Waals surface area contributed by atoms with Gasteiger partial charge in [0, 0.05) is 5.69 Å². The van der Waals surface area contributed by atoms with Crippen LogP contribution in [0.15, 0.2) is 24.3 Å². The Morgan fingerprint density at radius 2 is 1.94 bits per heavy atom. The number of esters is 1. The predicted molar refractivity (Wildman–Crippen MR) is 69.8 cm³/mol. The van der Waals surface area contributed by atoms with Gasteiger partial charge in [-0.1, -0.05) is 33.1 Å². The van der Waals surface area contributed by atoms with Crippen molar-refractivity contribution in [2.45, 2.75) is 39.5 Å². The molecule has 0 heterocycles. The average molecular weight is 235 g/mol. The lowest BCUT2D eigenvalue weighted by molar-refractivity contribution is -0.138. The first-order valence-corrected chi connectivity index (χ1v) is 6.20. The lowest BCUT2D eigenvalue weighted by Crippen LogP contribution is -2.17. The molecule has 0 bridgehead atoms. The molecule has 0 aliphatic rings. The van der Waals surface area contributed by atoms with E-state index >= 15 is 0 Å². The van der Waals surface area contributed by atoms with Crippen molar-refractivity contribution in [3.63, 3.8) is 0 Å². The fraction of sp³-hybridized carbons (Fsp3) is 0.500. The summed E-state index contributed by atoms with van der Waals surface area (Å²) in [5.41, 5.74) is 6.23. The molecule has 0 amide bonds. The van der Waals surface area contributed by atoms with Gasteiger partial charge < -0.3 is 10.5 Å². The van der Waals surface area contributed by atoms with Crippen molar-refractivity contribution in [1.82, 2.24) is 0 Å². The second-order valence-electron chi connectivity index (χ2n) is 4.39. The standard InChI is InChI=1S/C14H21NO2/c1-3-4-5-6-11(2)14(16)17-13-9-7-12(15)8-10-13/h7-11H,3-6,15H2,1-2H3. The molecule has 0 aliphatic carbocycles. The minimum atomic E-state index is -0.161. The summed E-state index contributed by atoms with van der Waals surface area (Å²) >= 11 is 0. The second kappa shape index (κ2) is 6.94. The van der Waals surface area contributed by atoms with Crippen molar-refractivity contribution in [2.24, 2.45) is 5.92 Å². The van der Waals surface area contributed by atoms with Gasteiger partial charge >= 0.3 is 5.97 Å². The summed E-state index contributed by atoms with van der Waals surface area (Å²) < 4.78 is 5.27. The van der Waals surface area contributed by atoms with Crippen LogP contribution < -0.4 is 10.5 Å². The van der Waals surface area contributed by atoms with E-state index in [1.54, 1.807) is 24.3 Å². The van der Waals surface area contributed by atoms with Gasteiger partial charge in [-0.2, -0.15) is 0 Å². The van der Waals surface area contributed by atoms with E-state index in [9.17, 15) is 4.79 Å². The number of carbonyl (C=O) groups is 1. The van der Waals surface area contributed by atoms with E-state index in [1.807, 2.05) is 6.92 Å². The van der Waals surface area contributed by atoms with Gasteiger partial charge in [0.2, 0.25) is 0 Å². The molecule has 0 spiro atoms. The highest BCUT2D eigenvalue weighted by Crippen LogP contribution is 2.17. The monoisotopic (exact) mass is 235 g/mol. The molecule has 0 aliphatic heterocycles. The van der Waals surface area contributed by atoms with E-state index in [-0.39, 0.29) is 11.9 Å². The van der Waals surface area contributed by atoms with E-state index in [0.29, 0.717) is 11.4 Å². The number of unbranched alkanes of at least 4 members (excludes halogenated alkanes) is 2. The van der Waals surface area contributed by atoms with Crippen molar-refractivity contribution in [3.8, 4) is 5.75 Å². The number of rotatable bonds is 6. The summed E-state index contributed by atoms with van der Waals surface area (Å²) in [5, 5.41) is 0. The normalized spacial score (nSPS) is 12.1. The number of benzene rings is 1. The highest BCUT2D eigenvalue weighted by molar-refractivity contribution is 5.74. The van der Waals surface area contributed by atoms with Gasteiger partial charge in [0.25, 0.3) is 0 Å². The number of hydrogen-bond donors (Lipinski definition) is 1. The average Bonchev–Trinajstić information content (AvgIpc) is 2.32. The number of ether oxygens (including phenoxy) is 1. The maximum absolute atomic E-state index is 11.7. The van der Waals surface area contributed by atoms with Crippen LogP contribution in [-0.2, 0) is 4.79 Å². The fourth-order valence-corrected chi connectivity index (χ4v) is 1.57. The first-order chi connectivity index (χ1) is 8.13. The summed E-state index contributed by atoms with van der Waals surface area (Å²) in [7, 11) is 0. The molecule has 2 N–H and O–H groups in total. The first-order valence-electron chi connectivity index (χ1n) is 6.20. The highest BCUT2D eigenvalue weighted by atomic mass is 16.5. The molecule has 1 unspecified atom stereocenters. The SMILES string of the molecule is CCCCCC(C)C(=O)Oc1ccc(N)cc1. The Bertz CT molecular complexity index is 346. The zero-order chi connectivity index (χ0) is 12.7. The molecule has 1 atom stereocenters. The van der Waals surface area contributed by atoms with Crippen LogP contribution in [0.4, 0.5) is 5.69 Å². The second-order valence-corrected chi connectivity index (χ2v) is 4.39. The van der Waals surface area contributed by atoms with Gasteiger partial charge in [-0.15, -0.1) is 0 Å². The summed E-state index contributed by atoms with van der Waals surface area (Å²) in [5.74, 6) is 0.358.